The molecule has 0 aliphatic heterocycles. The van der Waals surface area contributed by atoms with E-state index in [1.807, 2.05) is 0 Å². The highest BCUT2D eigenvalue weighted by atomic mass is 14.9. The van der Waals surface area contributed by atoms with Gasteiger partial charge in [0.2, 0.25) is 0 Å². The summed E-state index contributed by atoms with van der Waals surface area (Å²) >= 11 is 0. The molecule has 0 aromatic heterocycles. The number of allylic oxidation sites excluding steroid dienone is 3. The van der Waals surface area contributed by atoms with Crippen molar-refractivity contribution in [2.24, 2.45) is 0 Å². The van der Waals surface area contributed by atoms with E-state index in [1.54, 1.807) is 0 Å². The van der Waals surface area contributed by atoms with Crippen molar-refractivity contribution in [3.05, 3.63) is 24.3 Å². The van der Waals surface area contributed by atoms with Crippen LogP contribution in [0.1, 0.15) is 27.2 Å². The van der Waals surface area contributed by atoms with E-state index in [4.69, 9.17) is 0 Å². The minimum absolute atomic E-state index is 0.579. The second kappa shape index (κ2) is 7.55. The third kappa shape index (κ3) is 9.44. The van der Waals surface area contributed by atoms with E-state index in [2.05, 4.69) is 50.4 Å². The molecule has 0 saturated heterocycles. The number of rotatable bonds is 5. The molecule has 0 aliphatic rings. The van der Waals surface area contributed by atoms with Gasteiger partial charge in [0.1, 0.15) is 0 Å². The summed E-state index contributed by atoms with van der Waals surface area (Å²) in [5, 5.41) is 3.30. The molecule has 0 atom stereocenters. The van der Waals surface area contributed by atoms with Gasteiger partial charge in [-0.2, -0.15) is 0 Å². The zero-order chi connectivity index (χ0) is 8.53. The van der Waals surface area contributed by atoms with Gasteiger partial charge in [-0.3, -0.25) is 0 Å². The van der Waals surface area contributed by atoms with Crippen LogP contribution in [0.15, 0.2) is 24.3 Å². The Labute approximate surface area is 70.2 Å². The van der Waals surface area contributed by atoms with E-state index in [-0.39, 0.29) is 0 Å². The zero-order valence-corrected chi connectivity index (χ0v) is 7.80. The topological polar surface area (TPSA) is 12.0 Å². The average molecular weight is 153 g/mol. The van der Waals surface area contributed by atoms with Crippen molar-refractivity contribution in [2.45, 2.75) is 33.2 Å². The Bertz CT molecular complexity index is 123. The predicted molar refractivity (Wildman–Crippen MR) is 51.7 cm³/mol. The molecule has 0 heterocycles. The van der Waals surface area contributed by atoms with Gasteiger partial charge in [0.05, 0.1) is 0 Å². The zero-order valence-electron chi connectivity index (χ0n) is 7.80. The Hall–Kier alpha value is -0.560. The van der Waals surface area contributed by atoms with Crippen molar-refractivity contribution in [1.82, 2.24) is 5.32 Å². The molecule has 0 amide bonds. The van der Waals surface area contributed by atoms with E-state index in [0.717, 1.165) is 13.0 Å². The molecular weight excluding hydrogens is 134 g/mol. The van der Waals surface area contributed by atoms with Crippen LogP contribution in [0.3, 0.4) is 0 Å². The lowest BCUT2D eigenvalue weighted by molar-refractivity contribution is 0.632. The molecule has 1 nitrogen and oxygen atoms in total. The molecule has 0 fully saturated rings. The van der Waals surface area contributed by atoms with Gasteiger partial charge >= 0.3 is 0 Å². The molecule has 0 saturated carbocycles. The molecule has 1 heteroatoms. The average Bonchev–Trinajstić information content (AvgIpc) is 1.96. The van der Waals surface area contributed by atoms with Crippen LogP contribution in [0, 0.1) is 0 Å². The monoisotopic (exact) mass is 153 g/mol. The van der Waals surface area contributed by atoms with Crippen LogP contribution in [-0.2, 0) is 0 Å². The van der Waals surface area contributed by atoms with Crippen molar-refractivity contribution in [3.8, 4) is 0 Å². The Morgan fingerprint density at radius 1 is 1.18 bits per heavy atom. The Morgan fingerprint density at radius 2 is 1.82 bits per heavy atom. The lowest BCUT2D eigenvalue weighted by Crippen LogP contribution is -2.22. The molecular formula is C10H19N. The summed E-state index contributed by atoms with van der Waals surface area (Å²) < 4.78 is 0. The van der Waals surface area contributed by atoms with Crippen LogP contribution in [0.5, 0.6) is 0 Å². The summed E-state index contributed by atoms with van der Waals surface area (Å²) in [6, 6.07) is 0.579. The third-order valence-electron chi connectivity index (χ3n) is 1.26. The predicted octanol–water partition coefficient (Wildman–Crippen LogP) is 2.51. The van der Waals surface area contributed by atoms with Crippen LogP contribution in [0.2, 0.25) is 0 Å². The fourth-order valence-electron chi connectivity index (χ4n) is 0.665. The first-order chi connectivity index (χ1) is 5.27. The van der Waals surface area contributed by atoms with Gasteiger partial charge in [-0.25, -0.2) is 0 Å². The second-order valence-corrected chi connectivity index (χ2v) is 2.83. The highest BCUT2D eigenvalue weighted by molar-refractivity contribution is 5.02. The summed E-state index contributed by atoms with van der Waals surface area (Å²) in [6.07, 6.45) is 9.56. The van der Waals surface area contributed by atoms with Crippen LogP contribution in [0.25, 0.3) is 0 Å². The molecule has 0 bridgehead atoms. The molecule has 64 valence electrons. The first-order valence-electron chi connectivity index (χ1n) is 4.32. The van der Waals surface area contributed by atoms with Crippen LogP contribution < -0.4 is 5.32 Å². The fourth-order valence-corrected chi connectivity index (χ4v) is 0.665. The van der Waals surface area contributed by atoms with Gasteiger partial charge in [0, 0.05) is 12.6 Å². The summed E-state index contributed by atoms with van der Waals surface area (Å²) in [4.78, 5) is 0. The Balaban J connectivity index is 3.23. The van der Waals surface area contributed by atoms with Gasteiger partial charge in [0.25, 0.3) is 0 Å². The van der Waals surface area contributed by atoms with Crippen LogP contribution >= 0.6 is 0 Å². The van der Waals surface area contributed by atoms with Gasteiger partial charge < -0.3 is 5.32 Å². The summed E-state index contributed by atoms with van der Waals surface area (Å²) in [6.45, 7) is 7.40. The van der Waals surface area contributed by atoms with E-state index in [1.165, 1.54) is 0 Å². The lowest BCUT2D eigenvalue weighted by Gasteiger charge is -2.02. The molecule has 0 aliphatic carbocycles. The Morgan fingerprint density at radius 3 is 2.36 bits per heavy atom. The third-order valence-corrected chi connectivity index (χ3v) is 1.26. The molecule has 0 radical (unpaired) electrons. The van der Waals surface area contributed by atoms with Gasteiger partial charge in [0.15, 0.2) is 0 Å². The van der Waals surface area contributed by atoms with Crippen molar-refractivity contribution >= 4 is 0 Å². The van der Waals surface area contributed by atoms with E-state index >= 15 is 0 Å². The number of hydrogen-bond acceptors (Lipinski definition) is 1. The molecule has 1 N–H and O–H groups in total. The molecule has 0 aromatic carbocycles. The van der Waals surface area contributed by atoms with Crippen molar-refractivity contribution in [1.29, 1.82) is 0 Å². The molecule has 0 spiro atoms. The molecule has 11 heavy (non-hydrogen) atoms. The summed E-state index contributed by atoms with van der Waals surface area (Å²) in [7, 11) is 0. The van der Waals surface area contributed by atoms with E-state index < -0.39 is 0 Å². The minimum atomic E-state index is 0.579. The quantitative estimate of drug-likeness (QED) is 0.598. The second-order valence-electron chi connectivity index (χ2n) is 2.83. The minimum Gasteiger partial charge on any atom is -0.311 e. The molecule has 0 aromatic rings. The van der Waals surface area contributed by atoms with Gasteiger partial charge in [-0.05, 0) is 6.42 Å². The summed E-state index contributed by atoms with van der Waals surface area (Å²) in [5.74, 6) is 0. The first-order valence-corrected chi connectivity index (χ1v) is 4.32. The highest BCUT2D eigenvalue weighted by Crippen LogP contribution is 1.81. The van der Waals surface area contributed by atoms with Gasteiger partial charge in [-0.15, -0.1) is 0 Å². The van der Waals surface area contributed by atoms with Crippen molar-refractivity contribution in [2.75, 3.05) is 6.54 Å². The lowest BCUT2D eigenvalue weighted by atomic mass is 10.3. The summed E-state index contributed by atoms with van der Waals surface area (Å²) in [5.41, 5.74) is 0. The number of nitrogens with one attached hydrogen (secondary N) is 1. The van der Waals surface area contributed by atoms with Gasteiger partial charge in [-0.1, -0.05) is 45.1 Å². The maximum atomic E-state index is 3.30. The standard InChI is InChI=1S/C10H19N/c1-4-5-6-7-8-9-11-10(2)3/h5-8,10-11H,4,9H2,1-3H3/b6-5-,8-7-. The number of hydrogen-bond donors (Lipinski definition) is 1. The Kier molecular flexibility index (Phi) is 7.16. The maximum absolute atomic E-state index is 3.30. The van der Waals surface area contributed by atoms with Crippen LogP contribution in [0.4, 0.5) is 0 Å². The largest absolute Gasteiger partial charge is 0.311 e. The normalized spacial score (nSPS) is 12.4. The maximum Gasteiger partial charge on any atom is 0.0140 e. The molecule has 0 unspecified atom stereocenters. The molecule has 0 rings (SSSR count). The highest BCUT2D eigenvalue weighted by Gasteiger charge is 1.84. The van der Waals surface area contributed by atoms with Crippen LogP contribution in [-0.4, -0.2) is 12.6 Å². The fraction of sp³-hybridized carbons (Fsp3) is 0.600. The van der Waals surface area contributed by atoms with Crippen molar-refractivity contribution in [3.63, 3.8) is 0 Å². The van der Waals surface area contributed by atoms with Crippen molar-refractivity contribution < 1.29 is 0 Å². The van der Waals surface area contributed by atoms with E-state index in [0.29, 0.717) is 6.04 Å². The SMILES string of the molecule is CC/C=C\C=C/CNC(C)C. The van der Waals surface area contributed by atoms with E-state index in [9.17, 15) is 0 Å². The smallest absolute Gasteiger partial charge is 0.0140 e. The first kappa shape index (κ1) is 10.4.